The number of carbonyl (C=O) groups is 2. The molecule has 1 amide bonds. The summed E-state index contributed by atoms with van der Waals surface area (Å²) >= 11 is 0. The molecular formula is C20H23F3N2O5S. The molecule has 0 radical (unpaired) electrons. The van der Waals surface area contributed by atoms with E-state index < -0.39 is 20.2 Å². The first-order chi connectivity index (χ1) is 14.5. The molecular weight excluding hydrogens is 437 g/mol. The van der Waals surface area contributed by atoms with Crippen LogP contribution >= 0.6 is 0 Å². The second-order valence-corrected chi connectivity index (χ2v) is 10.7. The van der Waals surface area contributed by atoms with Gasteiger partial charge in [-0.3, -0.25) is 14.5 Å². The van der Waals surface area contributed by atoms with Crippen LogP contribution in [0.1, 0.15) is 24.8 Å². The van der Waals surface area contributed by atoms with Crippen molar-refractivity contribution in [1.82, 2.24) is 9.80 Å². The number of esters is 1. The fraction of sp³-hybridized carbons (Fsp3) is 0.600. The molecule has 1 spiro atoms. The Kier molecular flexibility index (Phi) is 5.53. The van der Waals surface area contributed by atoms with Crippen molar-refractivity contribution in [1.29, 1.82) is 0 Å². The Morgan fingerprint density at radius 3 is 2.32 bits per heavy atom. The first kappa shape index (κ1) is 22.1. The second kappa shape index (κ2) is 7.77. The number of likely N-dealkylation sites (tertiary alicyclic amines) is 2. The number of sulfone groups is 1. The molecule has 170 valence electrons. The lowest BCUT2D eigenvalue weighted by molar-refractivity contribution is -0.160. The Labute approximate surface area is 178 Å². The van der Waals surface area contributed by atoms with Gasteiger partial charge in [0.1, 0.15) is 0 Å². The normalized spacial score (nSPS) is 23.4. The van der Waals surface area contributed by atoms with Gasteiger partial charge in [0.2, 0.25) is 5.91 Å². The predicted molar refractivity (Wildman–Crippen MR) is 102 cm³/mol. The van der Waals surface area contributed by atoms with Gasteiger partial charge in [0.05, 0.1) is 17.9 Å². The number of nitrogens with zero attached hydrogens (tertiary/aromatic N) is 2. The van der Waals surface area contributed by atoms with E-state index in [1.807, 2.05) is 4.90 Å². The monoisotopic (exact) mass is 460 g/mol. The summed E-state index contributed by atoms with van der Waals surface area (Å²) in [7, 11) is -5.33. The third-order valence-corrected chi connectivity index (χ3v) is 7.67. The average molecular weight is 460 g/mol. The van der Waals surface area contributed by atoms with Gasteiger partial charge in [-0.15, -0.1) is 0 Å². The summed E-state index contributed by atoms with van der Waals surface area (Å²) in [6.45, 7) is 3.84. The average Bonchev–Trinajstić information content (AvgIpc) is 3.05. The van der Waals surface area contributed by atoms with Crippen LogP contribution in [0.4, 0.5) is 13.2 Å². The van der Waals surface area contributed by atoms with Crippen LogP contribution in [0.15, 0.2) is 29.2 Å². The Morgan fingerprint density at radius 1 is 1.13 bits per heavy atom. The number of benzene rings is 1. The third kappa shape index (κ3) is 4.43. The molecule has 0 bridgehead atoms. The quantitative estimate of drug-likeness (QED) is 0.604. The van der Waals surface area contributed by atoms with Crippen molar-refractivity contribution in [2.45, 2.75) is 36.2 Å². The maximum absolute atomic E-state index is 12.6. The molecule has 0 aromatic heterocycles. The summed E-state index contributed by atoms with van der Waals surface area (Å²) in [6, 6.07) is 4.77. The molecule has 3 fully saturated rings. The molecule has 1 aromatic carbocycles. The standard InChI is InChI=1S/C20H23F3N2O5S/c21-20(22,23)31(28,29)16-4-1-14(2-5-16)8-24-10-19(11-24)12-25(13-19)17(26)6-3-15-7-18(27)30-9-15/h1-2,4-5,15H,3,6-13H2/t15-/m0/s1. The van der Waals surface area contributed by atoms with Crippen LogP contribution in [0, 0.1) is 11.3 Å². The minimum absolute atomic E-state index is 0.0711. The second-order valence-electron chi connectivity index (χ2n) is 8.78. The third-order valence-electron chi connectivity index (χ3n) is 6.17. The fourth-order valence-corrected chi connectivity index (χ4v) is 5.32. The Hall–Kier alpha value is -2.14. The van der Waals surface area contributed by atoms with Gasteiger partial charge >= 0.3 is 11.5 Å². The predicted octanol–water partition coefficient (Wildman–Crippen LogP) is 1.97. The summed E-state index contributed by atoms with van der Waals surface area (Å²) < 4.78 is 65.6. The van der Waals surface area contributed by atoms with Crippen LogP contribution in [-0.4, -0.2) is 68.4 Å². The highest BCUT2D eigenvalue weighted by atomic mass is 32.2. The van der Waals surface area contributed by atoms with E-state index in [0.717, 1.165) is 30.8 Å². The molecule has 31 heavy (non-hydrogen) atoms. The molecule has 0 N–H and O–H groups in total. The number of alkyl halides is 3. The summed E-state index contributed by atoms with van der Waals surface area (Å²) in [6.07, 6.45) is 1.45. The Bertz CT molecular complexity index is 964. The highest BCUT2D eigenvalue weighted by Crippen LogP contribution is 2.41. The van der Waals surface area contributed by atoms with Crippen molar-refractivity contribution in [2.24, 2.45) is 11.3 Å². The number of rotatable bonds is 6. The molecule has 0 unspecified atom stereocenters. The largest absolute Gasteiger partial charge is 0.501 e. The zero-order chi connectivity index (χ0) is 22.4. The topological polar surface area (TPSA) is 84.0 Å². The molecule has 7 nitrogen and oxygen atoms in total. The van der Waals surface area contributed by atoms with E-state index in [4.69, 9.17) is 4.74 Å². The summed E-state index contributed by atoms with van der Waals surface area (Å²) in [5, 5.41) is 0. The smallest absolute Gasteiger partial charge is 0.465 e. The van der Waals surface area contributed by atoms with Crippen LogP contribution in [0.3, 0.4) is 0 Å². The zero-order valence-electron chi connectivity index (χ0n) is 16.7. The van der Waals surface area contributed by atoms with E-state index in [-0.39, 0.29) is 23.2 Å². The van der Waals surface area contributed by atoms with Crippen molar-refractivity contribution < 1.29 is 35.9 Å². The van der Waals surface area contributed by atoms with Gasteiger partial charge in [-0.1, -0.05) is 12.1 Å². The van der Waals surface area contributed by atoms with E-state index in [1.54, 1.807) is 0 Å². The highest BCUT2D eigenvalue weighted by molar-refractivity contribution is 7.92. The molecule has 4 rings (SSSR count). The lowest BCUT2D eigenvalue weighted by Crippen LogP contribution is -2.72. The van der Waals surface area contributed by atoms with Gasteiger partial charge in [0, 0.05) is 50.5 Å². The van der Waals surface area contributed by atoms with Crippen molar-refractivity contribution in [3.8, 4) is 0 Å². The van der Waals surface area contributed by atoms with E-state index in [9.17, 15) is 31.2 Å². The molecule has 3 aliphatic heterocycles. The van der Waals surface area contributed by atoms with E-state index in [2.05, 4.69) is 4.90 Å². The van der Waals surface area contributed by atoms with Crippen LogP contribution in [0.5, 0.6) is 0 Å². The lowest BCUT2D eigenvalue weighted by Gasteiger charge is -2.60. The van der Waals surface area contributed by atoms with Gasteiger partial charge in [-0.05, 0) is 24.1 Å². The molecule has 3 aliphatic rings. The molecule has 11 heteroatoms. The number of ether oxygens (including phenoxy) is 1. The van der Waals surface area contributed by atoms with Crippen molar-refractivity contribution in [3.63, 3.8) is 0 Å². The number of cyclic esters (lactones) is 1. The van der Waals surface area contributed by atoms with Crippen LogP contribution in [-0.2, 0) is 30.7 Å². The van der Waals surface area contributed by atoms with Crippen LogP contribution in [0.25, 0.3) is 0 Å². The van der Waals surface area contributed by atoms with E-state index in [1.165, 1.54) is 12.1 Å². The van der Waals surface area contributed by atoms with Crippen molar-refractivity contribution in [2.75, 3.05) is 32.8 Å². The van der Waals surface area contributed by atoms with E-state index in [0.29, 0.717) is 45.5 Å². The zero-order valence-corrected chi connectivity index (χ0v) is 17.5. The number of carbonyl (C=O) groups excluding carboxylic acids is 2. The molecule has 0 saturated carbocycles. The summed E-state index contributed by atoms with van der Waals surface area (Å²) in [5.41, 5.74) is -4.51. The summed E-state index contributed by atoms with van der Waals surface area (Å²) in [4.78, 5) is 26.6. The number of halogens is 3. The maximum atomic E-state index is 12.6. The first-order valence-electron chi connectivity index (χ1n) is 10.0. The summed E-state index contributed by atoms with van der Waals surface area (Å²) in [5.74, 6) is 0.0137. The highest BCUT2D eigenvalue weighted by Gasteiger charge is 2.52. The molecule has 1 aromatic rings. The number of amides is 1. The van der Waals surface area contributed by atoms with Crippen molar-refractivity contribution in [3.05, 3.63) is 29.8 Å². The number of hydrogen-bond acceptors (Lipinski definition) is 6. The first-order valence-corrected chi connectivity index (χ1v) is 11.5. The Morgan fingerprint density at radius 2 is 1.77 bits per heavy atom. The molecule has 0 aliphatic carbocycles. The van der Waals surface area contributed by atoms with Gasteiger partial charge in [-0.2, -0.15) is 13.2 Å². The lowest BCUT2D eigenvalue weighted by atomic mass is 9.72. The maximum Gasteiger partial charge on any atom is 0.501 e. The number of hydrogen-bond donors (Lipinski definition) is 0. The minimum Gasteiger partial charge on any atom is -0.465 e. The van der Waals surface area contributed by atoms with Gasteiger partial charge < -0.3 is 9.64 Å². The van der Waals surface area contributed by atoms with Crippen LogP contribution < -0.4 is 0 Å². The molecule has 1 atom stereocenters. The van der Waals surface area contributed by atoms with Gasteiger partial charge in [-0.25, -0.2) is 8.42 Å². The van der Waals surface area contributed by atoms with Gasteiger partial charge in [0.15, 0.2) is 0 Å². The van der Waals surface area contributed by atoms with Crippen molar-refractivity contribution >= 4 is 21.7 Å². The van der Waals surface area contributed by atoms with E-state index >= 15 is 0 Å². The van der Waals surface area contributed by atoms with Gasteiger partial charge in [0.25, 0.3) is 9.84 Å². The fourth-order valence-electron chi connectivity index (χ4n) is 4.56. The van der Waals surface area contributed by atoms with Crippen LogP contribution in [0.2, 0.25) is 0 Å². The Balaban J connectivity index is 1.20. The SMILES string of the molecule is O=C1C[C@H](CCC(=O)N2CC3(CN(Cc4ccc(S(=O)(=O)C(F)(F)F)cc4)C3)C2)CO1. The molecule has 3 heterocycles. The minimum atomic E-state index is -5.33. The molecule has 3 saturated heterocycles.